The maximum absolute atomic E-state index is 12.3. The van der Waals surface area contributed by atoms with Gasteiger partial charge < -0.3 is 18.9 Å². The van der Waals surface area contributed by atoms with Crippen LogP contribution in [0.4, 0.5) is 0 Å². The lowest BCUT2D eigenvalue weighted by Gasteiger charge is -2.14. The summed E-state index contributed by atoms with van der Waals surface area (Å²) in [4.78, 5) is 12.3. The normalized spacial score (nSPS) is 11.8. The molecule has 1 atom stereocenters. The molecule has 2 aromatic carbocycles. The van der Waals surface area contributed by atoms with Gasteiger partial charge in [0.15, 0.2) is 17.6 Å². The Morgan fingerprint density at radius 1 is 0.962 bits per heavy atom. The average Bonchev–Trinajstić information content (AvgIpc) is 2.68. The van der Waals surface area contributed by atoms with E-state index < -0.39 is 6.10 Å². The highest BCUT2D eigenvalue weighted by Crippen LogP contribution is 2.38. The summed E-state index contributed by atoms with van der Waals surface area (Å²) in [5.74, 6) is 1.06. The number of methoxy groups -OCH3 is 4. The number of benzene rings is 2. The predicted molar refractivity (Wildman–Crippen MR) is 98.0 cm³/mol. The van der Waals surface area contributed by atoms with Crippen LogP contribution < -0.4 is 19.6 Å². The Bertz CT molecular complexity index is 762. The molecule has 7 nitrogen and oxygen atoms in total. The Labute approximate surface area is 152 Å². The highest BCUT2D eigenvalue weighted by Gasteiger charge is 2.19. The van der Waals surface area contributed by atoms with E-state index in [1.807, 2.05) is 30.3 Å². The number of ether oxygens (including phenoxy) is 4. The Balaban J connectivity index is 2.16. The van der Waals surface area contributed by atoms with Crippen LogP contribution in [0.25, 0.3) is 0 Å². The lowest BCUT2D eigenvalue weighted by Crippen LogP contribution is -2.26. The van der Waals surface area contributed by atoms with Crippen molar-refractivity contribution in [3.05, 3.63) is 53.6 Å². The highest BCUT2D eigenvalue weighted by atomic mass is 16.5. The van der Waals surface area contributed by atoms with Crippen LogP contribution in [-0.2, 0) is 9.53 Å². The minimum Gasteiger partial charge on any atom is -0.493 e. The van der Waals surface area contributed by atoms with Gasteiger partial charge in [0.1, 0.15) is 0 Å². The summed E-state index contributed by atoms with van der Waals surface area (Å²) in [6.45, 7) is 0. The summed E-state index contributed by atoms with van der Waals surface area (Å²) < 4.78 is 21.2. The second-order valence-electron chi connectivity index (χ2n) is 5.18. The SMILES string of the molecule is COc1ccc(/C=N/NC(=O)C(OC)c2ccccc2)c(OC)c1OC. The molecule has 0 aliphatic carbocycles. The summed E-state index contributed by atoms with van der Waals surface area (Å²) in [5, 5.41) is 3.99. The second-order valence-corrected chi connectivity index (χ2v) is 5.18. The number of hydrogen-bond acceptors (Lipinski definition) is 6. The number of amides is 1. The molecular weight excluding hydrogens is 336 g/mol. The zero-order chi connectivity index (χ0) is 18.9. The maximum Gasteiger partial charge on any atom is 0.273 e. The Kier molecular flexibility index (Phi) is 6.99. The third-order valence-electron chi connectivity index (χ3n) is 3.69. The number of nitrogens with one attached hydrogen (secondary N) is 1. The van der Waals surface area contributed by atoms with Gasteiger partial charge in [0.05, 0.1) is 27.5 Å². The number of rotatable bonds is 8. The third-order valence-corrected chi connectivity index (χ3v) is 3.69. The van der Waals surface area contributed by atoms with Crippen LogP contribution in [0, 0.1) is 0 Å². The van der Waals surface area contributed by atoms with Crippen molar-refractivity contribution in [3.8, 4) is 17.2 Å². The molecule has 0 fully saturated rings. The van der Waals surface area contributed by atoms with Crippen molar-refractivity contribution < 1.29 is 23.7 Å². The molecule has 138 valence electrons. The molecule has 1 unspecified atom stereocenters. The van der Waals surface area contributed by atoms with E-state index in [-0.39, 0.29) is 5.91 Å². The molecule has 0 bridgehead atoms. The van der Waals surface area contributed by atoms with Crippen LogP contribution in [0.1, 0.15) is 17.2 Å². The zero-order valence-corrected chi connectivity index (χ0v) is 15.2. The quantitative estimate of drug-likeness (QED) is 0.580. The second kappa shape index (κ2) is 9.43. The summed E-state index contributed by atoms with van der Waals surface area (Å²) in [5.41, 5.74) is 3.84. The van der Waals surface area contributed by atoms with E-state index in [0.29, 0.717) is 22.8 Å². The van der Waals surface area contributed by atoms with Crippen LogP contribution in [0.3, 0.4) is 0 Å². The third kappa shape index (κ3) is 4.31. The molecule has 0 aliphatic rings. The standard InChI is InChI=1S/C19H22N2O5/c1-23-15-11-10-14(16(24-2)18(15)26-4)12-20-21-19(22)17(25-3)13-8-6-5-7-9-13/h5-12,17H,1-4H3,(H,21,22)/b20-12+. The molecule has 7 heteroatoms. The van der Waals surface area contributed by atoms with E-state index in [2.05, 4.69) is 10.5 Å². The fraction of sp³-hybridized carbons (Fsp3) is 0.263. The van der Waals surface area contributed by atoms with Crippen molar-refractivity contribution in [3.63, 3.8) is 0 Å². The van der Waals surface area contributed by atoms with E-state index in [9.17, 15) is 4.79 Å². The van der Waals surface area contributed by atoms with Crippen LogP contribution in [0.5, 0.6) is 17.2 Å². The molecule has 1 amide bonds. The summed E-state index contributed by atoms with van der Waals surface area (Å²) >= 11 is 0. The van der Waals surface area contributed by atoms with Gasteiger partial charge in [0.2, 0.25) is 5.75 Å². The highest BCUT2D eigenvalue weighted by molar-refractivity contribution is 5.88. The first-order valence-electron chi connectivity index (χ1n) is 7.85. The van der Waals surface area contributed by atoms with Gasteiger partial charge in [-0.25, -0.2) is 5.43 Å². The fourth-order valence-corrected chi connectivity index (χ4v) is 2.47. The van der Waals surface area contributed by atoms with Crippen LogP contribution >= 0.6 is 0 Å². The van der Waals surface area contributed by atoms with Gasteiger partial charge in [-0.3, -0.25) is 4.79 Å². The number of carbonyl (C=O) groups excluding carboxylic acids is 1. The minimum absolute atomic E-state index is 0.380. The Morgan fingerprint density at radius 3 is 2.23 bits per heavy atom. The number of nitrogens with zero attached hydrogens (tertiary/aromatic N) is 1. The molecule has 26 heavy (non-hydrogen) atoms. The first kappa shape index (κ1) is 19.3. The van der Waals surface area contributed by atoms with E-state index in [1.54, 1.807) is 19.2 Å². The Morgan fingerprint density at radius 2 is 1.65 bits per heavy atom. The topological polar surface area (TPSA) is 78.4 Å². The number of hydrogen-bond donors (Lipinski definition) is 1. The fourth-order valence-electron chi connectivity index (χ4n) is 2.47. The molecule has 1 N–H and O–H groups in total. The number of hydrazone groups is 1. The monoisotopic (exact) mass is 358 g/mol. The lowest BCUT2D eigenvalue weighted by atomic mass is 10.1. The van der Waals surface area contributed by atoms with Gasteiger partial charge in [-0.2, -0.15) is 5.10 Å². The molecule has 0 spiro atoms. The van der Waals surface area contributed by atoms with Crippen molar-refractivity contribution in [2.45, 2.75) is 6.10 Å². The van der Waals surface area contributed by atoms with E-state index in [0.717, 1.165) is 5.56 Å². The van der Waals surface area contributed by atoms with E-state index >= 15 is 0 Å². The van der Waals surface area contributed by atoms with E-state index in [4.69, 9.17) is 18.9 Å². The van der Waals surface area contributed by atoms with Gasteiger partial charge >= 0.3 is 0 Å². The molecule has 0 aliphatic heterocycles. The van der Waals surface area contributed by atoms with Gasteiger partial charge in [0.25, 0.3) is 5.91 Å². The largest absolute Gasteiger partial charge is 0.493 e. The van der Waals surface area contributed by atoms with Crippen molar-refractivity contribution in [1.82, 2.24) is 5.43 Å². The van der Waals surface area contributed by atoms with Gasteiger partial charge in [-0.1, -0.05) is 30.3 Å². The lowest BCUT2D eigenvalue weighted by molar-refractivity contribution is -0.131. The molecule has 0 radical (unpaired) electrons. The van der Waals surface area contributed by atoms with Crippen molar-refractivity contribution in [1.29, 1.82) is 0 Å². The van der Waals surface area contributed by atoms with Crippen LogP contribution in [0.15, 0.2) is 47.6 Å². The number of carbonyl (C=O) groups is 1. The summed E-state index contributed by atoms with van der Waals surface area (Å²) in [6, 6.07) is 12.7. The predicted octanol–water partition coefficient (Wildman–Crippen LogP) is 2.55. The summed E-state index contributed by atoms with van der Waals surface area (Å²) in [7, 11) is 6.05. The van der Waals surface area contributed by atoms with E-state index in [1.165, 1.54) is 27.5 Å². The summed E-state index contributed by atoms with van der Waals surface area (Å²) in [6.07, 6.45) is 0.719. The first-order valence-corrected chi connectivity index (χ1v) is 7.85. The first-order chi connectivity index (χ1) is 12.7. The van der Waals surface area contributed by atoms with Crippen molar-refractivity contribution in [2.75, 3.05) is 28.4 Å². The van der Waals surface area contributed by atoms with Crippen molar-refractivity contribution in [2.24, 2.45) is 5.10 Å². The molecule has 0 saturated heterocycles. The van der Waals surface area contributed by atoms with Crippen LogP contribution in [-0.4, -0.2) is 40.6 Å². The molecule has 2 aromatic rings. The Hall–Kier alpha value is -3.06. The molecule has 0 heterocycles. The maximum atomic E-state index is 12.3. The van der Waals surface area contributed by atoms with Gasteiger partial charge in [-0.05, 0) is 17.7 Å². The van der Waals surface area contributed by atoms with Gasteiger partial charge in [0, 0.05) is 12.7 Å². The molecule has 0 aromatic heterocycles. The average molecular weight is 358 g/mol. The van der Waals surface area contributed by atoms with Crippen LogP contribution in [0.2, 0.25) is 0 Å². The smallest absolute Gasteiger partial charge is 0.273 e. The molecular formula is C19H22N2O5. The van der Waals surface area contributed by atoms with Gasteiger partial charge in [-0.15, -0.1) is 0 Å². The molecule has 0 saturated carbocycles. The minimum atomic E-state index is -0.749. The zero-order valence-electron chi connectivity index (χ0n) is 15.2. The van der Waals surface area contributed by atoms with Crippen molar-refractivity contribution >= 4 is 12.1 Å². The molecule has 2 rings (SSSR count).